The molecule has 2 rings (SSSR count). The number of hydrogen-bond donors (Lipinski definition) is 0. The summed E-state index contributed by atoms with van der Waals surface area (Å²) < 4.78 is 14.8. The first-order valence-electron chi connectivity index (χ1n) is 6.41. The van der Waals surface area contributed by atoms with Crippen molar-refractivity contribution >= 4 is 11.9 Å². The molecule has 0 atom stereocenters. The third-order valence-corrected chi connectivity index (χ3v) is 2.90. The van der Waals surface area contributed by atoms with E-state index in [0.717, 1.165) is 0 Å². The summed E-state index contributed by atoms with van der Waals surface area (Å²) in [5.41, 5.74) is 0.110. The standard InChI is InChI=1S/C14H16N2O5/c1-9(2)16(8-13(17)19-3)14(18)10-7-12(21-15-10)11-5-4-6-20-11/h4-7,9H,8H2,1-3H3. The number of furan rings is 1. The quantitative estimate of drug-likeness (QED) is 0.783. The van der Waals surface area contributed by atoms with Crippen molar-refractivity contribution in [1.82, 2.24) is 10.1 Å². The van der Waals surface area contributed by atoms with Crippen LogP contribution in [0.2, 0.25) is 0 Å². The van der Waals surface area contributed by atoms with Gasteiger partial charge in [0, 0.05) is 12.1 Å². The topological polar surface area (TPSA) is 85.8 Å². The summed E-state index contributed by atoms with van der Waals surface area (Å²) in [5.74, 6) is -0.0699. The van der Waals surface area contributed by atoms with Crippen LogP contribution in [0, 0.1) is 0 Å². The van der Waals surface area contributed by atoms with Crippen LogP contribution >= 0.6 is 0 Å². The van der Waals surface area contributed by atoms with Gasteiger partial charge in [-0.2, -0.15) is 0 Å². The van der Waals surface area contributed by atoms with Gasteiger partial charge in [0.1, 0.15) is 6.54 Å². The Labute approximate surface area is 121 Å². The van der Waals surface area contributed by atoms with Gasteiger partial charge in [0.15, 0.2) is 11.5 Å². The number of carbonyl (C=O) groups excluding carboxylic acids is 2. The summed E-state index contributed by atoms with van der Waals surface area (Å²) in [5, 5.41) is 3.73. The zero-order valence-corrected chi connectivity index (χ0v) is 12.0. The number of carbonyl (C=O) groups is 2. The summed E-state index contributed by atoms with van der Waals surface area (Å²) in [6.45, 7) is 3.46. The molecule has 0 bridgehead atoms. The predicted octanol–water partition coefficient (Wildman–Crippen LogP) is 1.96. The normalized spacial score (nSPS) is 10.7. The van der Waals surface area contributed by atoms with Crippen molar-refractivity contribution < 1.29 is 23.3 Å². The van der Waals surface area contributed by atoms with Gasteiger partial charge in [-0.3, -0.25) is 9.59 Å². The maximum Gasteiger partial charge on any atom is 0.325 e. The molecule has 0 spiro atoms. The van der Waals surface area contributed by atoms with Gasteiger partial charge in [0.05, 0.1) is 13.4 Å². The maximum absolute atomic E-state index is 12.4. The average molecular weight is 292 g/mol. The van der Waals surface area contributed by atoms with E-state index in [9.17, 15) is 9.59 Å². The highest BCUT2D eigenvalue weighted by atomic mass is 16.5. The van der Waals surface area contributed by atoms with Crippen LogP contribution in [0.15, 0.2) is 33.4 Å². The highest BCUT2D eigenvalue weighted by molar-refractivity contribution is 5.95. The first-order chi connectivity index (χ1) is 10.0. The van der Waals surface area contributed by atoms with Gasteiger partial charge in [-0.15, -0.1) is 0 Å². The summed E-state index contributed by atoms with van der Waals surface area (Å²) in [7, 11) is 1.27. The van der Waals surface area contributed by atoms with Crippen LogP contribution < -0.4 is 0 Å². The fraction of sp³-hybridized carbons (Fsp3) is 0.357. The van der Waals surface area contributed by atoms with Crippen molar-refractivity contribution in [3.63, 3.8) is 0 Å². The van der Waals surface area contributed by atoms with Gasteiger partial charge >= 0.3 is 5.97 Å². The van der Waals surface area contributed by atoms with E-state index in [1.54, 1.807) is 26.0 Å². The molecule has 0 aliphatic carbocycles. The minimum absolute atomic E-state index is 0.110. The van der Waals surface area contributed by atoms with E-state index in [1.165, 1.54) is 24.3 Å². The number of aromatic nitrogens is 1. The van der Waals surface area contributed by atoms with E-state index in [-0.39, 0.29) is 18.3 Å². The van der Waals surface area contributed by atoms with E-state index >= 15 is 0 Å². The smallest absolute Gasteiger partial charge is 0.325 e. The van der Waals surface area contributed by atoms with Gasteiger partial charge in [0.2, 0.25) is 5.76 Å². The number of hydrogen-bond acceptors (Lipinski definition) is 6. The van der Waals surface area contributed by atoms with Crippen LogP contribution in [0.25, 0.3) is 11.5 Å². The third kappa shape index (κ3) is 3.31. The van der Waals surface area contributed by atoms with Gasteiger partial charge < -0.3 is 18.6 Å². The molecule has 2 heterocycles. The molecule has 112 valence electrons. The van der Waals surface area contributed by atoms with Crippen LogP contribution in [-0.2, 0) is 9.53 Å². The van der Waals surface area contributed by atoms with E-state index in [1.807, 2.05) is 0 Å². The fourth-order valence-corrected chi connectivity index (χ4v) is 1.75. The molecule has 0 fully saturated rings. The second-order valence-corrected chi connectivity index (χ2v) is 4.66. The molecule has 1 amide bonds. The summed E-state index contributed by atoms with van der Waals surface area (Å²) in [4.78, 5) is 25.1. The van der Waals surface area contributed by atoms with Crippen molar-refractivity contribution in [3.8, 4) is 11.5 Å². The average Bonchev–Trinajstić information content (AvgIpc) is 3.12. The molecule has 21 heavy (non-hydrogen) atoms. The van der Waals surface area contributed by atoms with Gasteiger partial charge in [-0.25, -0.2) is 0 Å². The largest absolute Gasteiger partial charge is 0.468 e. The van der Waals surface area contributed by atoms with Crippen LogP contribution in [-0.4, -0.2) is 41.6 Å². The zero-order chi connectivity index (χ0) is 15.4. The number of methoxy groups -OCH3 is 1. The Balaban J connectivity index is 2.19. The zero-order valence-electron chi connectivity index (χ0n) is 12.0. The Bertz CT molecular complexity index is 615. The van der Waals surface area contributed by atoms with Crippen LogP contribution in [0.1, 0.15) is 24.3 Å². The number of nitrogens with zero attached hydrogens (tertiary/aromatic N) is 2. The van der Waals surface area contributed by atoms with Crippen LogP contribution in [0.3, 0.4) is 0 Å². The molecule has 0 aliphatic heterocycles. The van der Waals surface area contributed by atoms with Gasteiger partial charge in [-0.1, -0.05) is 5.16 Å². The molecule has 0 N–H and O–H groups in total. The maximum atomic E-state index is 12.4. The molecular weight excluding hydrogens is 276 g/mol. The highest BCUT2D eigenvalue weighted by Crippen LogP contribution is 2.21. The Hall–Kier alpha value is -2.57. The monoisotopic (exact) mass is 292 g/mol. The molecule has 2 aromatic heterocycles. The SMILES string of the molecule is COC(=O)CN(C(=O)c1cc(-c2ccco2)on1)C(C)C. The van der Waals surface area contributed by atoms with Crippen molar-refractivity contribution in [3.05, 3.63) is 30.2 Å². The lowest BCUT2D eigenvalue weighted by molar-refractivity contribution is -0.141. The minimum atomic E-state index is -0.494. The second-order valence-electron chi connectivity index (χ2n) is 4.66. The molecule has 2 aromatic rings. The molecule has 7 nitrogen and oxygen atoms in total. The van der Waals surface area contributed by atoms with E-state index in [4.69, 9.17) is 8.94 Å². The molecule has 0 aliphatic rings. The second kappa shape index (κ2) is 6.25. The van der Waals surface area contributed by atoms with Crippen LogP contribution in [0.5, 0.6) is 0 Å². The number of amides is 1. The molecular formula is C14H16N2O5. The lowest BCUT2D eigenvalue weighted by atomic mass is 10.2. The lowest BCUT2D eigenvalue weighted by Gasteiger charge is -2.24. The lowest BCUT2D eigenvalue weighted by Crippen LogP contribution is -2.41. The van der Waals surface area contributed by atoms with Crippen molar-refractivity contribution in [2.45, 2.75) is 19.9 Å². The number of rotatable bonds is 5. The first-order valence-corrected chi connectivity index (χ1v) is 6.41. The molecule has 0 unspecified atom stereocenters. The Morgan fingerprint density at radius 2 is 2.14 bits per heavy atom. The van der Waals surface area contributed by atoms with Crippen molar-refractivity contribution in [2.24, 2.45) is 0 Å². The fourth-order valence-electron chi connectivity index (χ4n) is 1.75. The van der Waals surface area contributed by atoms with E-state index < -0.39 is 11.9 Å². The van der Waals surface area contributed by atoms with Gasteiger partial charge in [-0.05, 0) is 26.0 Å². The van der Waals surface area contributed by atoms with E-state index in [2.05, 4.69) is 9.89 Å². The van der Waals surface area contributed by atoms with Crippen LogP contribution in [0.4, 0.5) is 0 Å². The Morgan fingerprint density at radius 3 is 2.71 bits per heavy atom. The molecule has 0 radical (unpaired) electrons. The van der Waals surface area contributed by atoms with E-state index in [0.29, 0.717) is 11.5 Å². The van der Waals surface area contributed by atoms with Crippen molar-refractivity contribution in [1.29, 1.82) is 0 Å². The summed E-state index contributed by atoms with van der Waals surface area (Å²) in [6.07, 6.45) is 1.50. The first kappa shape index (κ1) is 14.8. The summed E-state index contributed by atoms with van der Waals surface area (Å²) in [6, 6.07) is 4.70. The molecule has 0 saturated heterocycles. The Kier molecular flexibility index (Phi) is 4.42. The van der Waals surface area contributed by atoms with Crippen molar-refractivity contribution in [2.75, 3.05) is 13.7 Å². The molecule has 0 aromatic carbocycles. The summed E-state index contributed by atoms with van der Waals surface area (Å²) >= 11 is 0. The number of esters is 1. The third-order valence-electron chi connectivity index (χ3n) is 2.90. The minimum Gasteiger partial charge on any atom is -0.468 e. The molecule has 7 heteroatoms. The Morgan fingerprint density at radius 1 is 1.38 bits per heavy atom. The van der Waals surface area contributed by atoms with Gasteiger partial charge in [0.25, 0.3) is 5.91 Å². The predicted molar refractivity (Wildman–Crippen MR) is 72.4 cm³/mol. The highest BCUT2D eigenvalue weighted by Gasteiger charge is 2.25. The number of ether oxygens (including phenoxy) is 1. The molecule has 0 saturated carbocycles.